The van der Waals surface area contributed by atoms with Crippen LogP contribution in [0.4, 0.5) is 4.39 Å². The fraction of sp³-hybridized carbons (Fsp3) is 0.444. The highest BCUT2D eigenvalue weighted by Gasteiger charge is 2.37. The van der Waals surface area contributed by atoms with E-state index in [9.17, 15) is 24.2 Å². The molecule has 0 bridgehead atoms. The fourth-order valence-corrected chi connectivity index (χ4v) is 4.83. The van der Waals surface area contributed by atoms with Gasteiger partial charge in [-0.2, -0.15) is 0 Å². The van der Waals surface area contributed by atoms with E-state index in [4.69, 9.17) is 9.47 Å². The molecule has 5 rings (SSSR count). The number of hydrogen-bond donors (Lipinski definition) is 4. The molecular formula is C27H31FN4O6. The minimum absolute atomic E-state index is 0.0139. The number of methoxy groups -OCH3 is 1. The molecule has 0 radical (unpaired) electrons. The Balaban J connectivity index is 1.48. The van der Waals surface area contributed by atoms with Gasteiger partial charge in [0.05, 0.1) is 36.9 Å². The van der Waals surface area contributed by atoms with E-state index in [-0.39, 0.29) is 18.8 Å². The zero-order valence-electron chi connectivity index (χ0n) is 21.5. The Labute approximate surface area is 218 Å². The molecule has 2 fully saturated rings. The average molecular weight is 527 g/mol. The van der Waals surface area contributed by atoms with E-state index in [1.54, 1.807) is 25.3 Å². The zero-order valence-corrected chi connectivity index (χ0v) is 21.5. The van der Waals surface area contributed by atoms with Crippen LogP contribution in [0.15, 0.2) is 24.4 Å². The molecule has 2 aliphatic rings. The summed E-state index contributed by atoms with van der Waals surface area (Å²) in [4.78, 5) is 34.5. The Morgan fingerprint density at radius 3 is 2.71 bits per heavy atom. The Morgan fingerprint density at radius 1 is 1.26 bits per heavy atom. The molecule has 2 amide bonds. The van der Waals surface area contributed by atoms with Crippen LogP contribution < -0.4 is 14.8 Å². The number of carbonyl (C=O) groups excluding carboxylic acids is 2. The first-order valence-corrected chi connectivity index (χ1v) is 12.6. The number of fused-ring (bicyclic) bond motifs is 1. The lowest BCUT2D eigenvalue weighted by Crippen LogP contribution is -2.43. The number of aryl methyl sites for hydroxylation is 1. The molecule has 202 valence electrons. The SMILES string of the molecule is COc1cc(-c2ccnc3c(C(=O)N[C@H]4CN(C(=O)[C@H](C)O)C[C@@H]4O)c(C)[nH]c23)c(OCC2CC2)cc1F. The second-order valence-corrected chi connectivity index (χ2v) is 10.0. The van der Waals surface area contributed by atoms with Crippen LogP contribution >= 0.6 is 0 Å². The molecule has 3 heterocycles. The second-order valence-electron chi connectivity index (χ2n) is 10.0. The standard InChI is InChI=1S/C27H31FN4O6/c1-13-23(26(35)31-19-10-32(11-20(19)34)27(36)14(2)33)25-24(30-13)16(6-7-29-25)17-8-22(37-3)18(28)9-21(17)38-12-15-4-5-15/h6-9,14-15,19-20,30,33-34H,4-5,10-12H2,1-3H3,(H,31,35)/t14-,19-,20-/m0/s1. The van der Waals surface area contributed by atoms with E-state index >= 15 is 0 Å². The van der Waals surface area contributed by atoms with Crippen molar-refractivity contribution < 1.29 is 33.7 Å². The summed E-state index contributed by atoms with van der Waals surface area (Å²) >= 11 is 0. The summed E-state index contributed by atoms with van der Waals surface area (Å²) in [6.07, 6.45) is 1.56. The number of aliphatic hydroxyl groups is 2. The Morgan fingerprint density at radius 2 is 2.03 bits per heavy atom. The molecule has 3 atom stereocenters. The van der Waals surface area contributed by atoms with E-state index in [1.807, 2.05) is 0 Å². The lowest BCUT2D eigenvalue weighted by Gasteiger charge is -2.18. The van der Waals surface area contributed by atoms with Crippen LogP contribution in [-0.2, 0) is 4.79 Å². The van der Waals surface area contributed by atoms with Gasteiger partial charge in [-0.15, -0.1) is 0 Å². The lowest BCUT2D eigenvalue weighted by atomic mass is 10.0. The molecule has 11 heteroatoms. The fourth-order valence-electron chi connectivity index (χ4n) is 4.83. The summed E-state index contributed by atoms with van der Waals surface area (Å²) in [6, 6.07) is 3.94. The molecule has 3 aromatic rings. The Hall–Kier alpha value is -3.70. The highest BCUT2D eigenvalue weighted by Crippen LogP contribution is 2.40. The van der Waals surface area contributed by atoms with Crippen molar-refractivity contribution in [1.29, 1.82) is 0 Å². The molecule has 38 heavy (non-hydrogen) atoms. The summed E-state index contributed by atoms with van der Waals surface area (Å²) in [5.41, 5.74) is 3.08. The number of nitrogens with one attached hydrogen (secondary N) is 2. The Bertz CT molecular complexity index is 1390. The van der Waals surface area contributed by atoms with E-state index in [1.165, 1.54) is 25.0 Å². The first-order chi connectivity index (χ1) is 18.2. The van der Waals surface area contributed by atoms with Crippen molar-refractivity contribution >= 4 is 22.8 Å². The molecule has 2 aromatic heterocycles. The number of aromatic nitrogens is 2. The number of carbonyl (C=O) groups is 2. The van der Waals surface area contributed by atoms with Crippen LogP contribution in [0.1, 0.15) is 35.8 Å². The van der Waals surface area contributed by atoms with Gasteiger partial charge in [0.25, 0.3) is 11.8 Å². The molecule has 4 N–H and O–H groups in total. The number of amides is 2. The van der Waals surface area contributed by atoms with Crippen molar-refractivity contribution in [2.45, 2.75) is 44.9 Å². The number of halogens is 1. The van der Waals surface area contributed by atoms with Gasteiger partial charge in [-0.1, -0.05) is 0 Å². The zero-order chi connectivity index (χ0) is 27.1. The first-order valence-electron chi connectivity index (χ1n) is 12.6. The maximum Gasteiger partial charge on any atom is 0.255 e. The van der Waals surface area contributed by atoms with Gasteiger partial charge in [0.15, 0.2) is 11.6 Å². The van der Waals surface area contributed by atoms with E-state index in [0.717, 1.165) is 12.8 Å². The van der Waals surface area contributed by atoms with Crippen LogP contribution in [0.25, 0.3) is 22.2 Å². The largest absolute Gasteiger partial charge is 0.494 e. The summed E-state index contributed by atoms with van der Waals surface area (Å²) in [7, 11) is 1.39. The van der Waals surface area contributed by atoms with Crippen molar-refractivity contribution in [3.05, 3.63) is 41.5 Å². The summed E-state index contributed by atoms with van der Waals surface area (Å²) in [6.45, 7) is 3.68. The molecule has 10 nitrogen and oxygen atoms in total. The summed E-state index contributed by atoms with van der Waals surface area (Å²) in [5.74, 6) is -0.602. The predicted molar refractivity (Wildman–Crippen MR) is 137 cm³/mol. The first kappa shape index (κ1) is 25.9. The van der Waals surface area contributed by atoms with Gasteiger partial charge in [-0.05, 0) is 44.7 Å². The van der Waals surface area contributed by atoms with Gasteiger partial charge >= 0.3 is 0 Å². The van der Waals surface area contributed by atoms with E-state index in [0.29, 0.717) is 51.7 Å². The minimum Gasteiger partial charge on any atom is -0.494 e. The van der Waals surface area contributed by atoms with Crippen molar-refractivity contribution in [3.63, 3.8) is 0 Å². The van der Waals surface area contributed by atoms with Crippen molar-refractivity contribution in [3.8, 4) is 22.6 Å². The maximum absolute atomic E-state index is 14.6. The highest BCUT2D eigenvalue weighted by atomic mass is 19.1. The number of aromatic amines is 1. The second kappa shape index (κ2) is 10.2. The molecule has 1 aromatic carbocycles. The van der Waals surface area contributed by atoms with Gasteiger partial charge in [-0.3, -0.25) is 14.6 Å². The minimum atomic E-state index is -1.20. The quantitative estimate of drug-likeness (QED) is 0.353. The number of rotatable bonds is 8. The normalized spacial score (nSPS) is 20.0. The number of hydrogen-bond acceptors (Lipinski definition) is 7. The summed E-state index contributed by atoms with van der Waals surface area (Å²) in [5, 5.41) is 22.8. The third kappa shape index (κ3) is 4.91. The lowest BCUT2D eigenvalue weighted by molar-refractivity contribution is -0.138. The monoisotopic (exact) mass is 526 g/mol. The van der Waals surface area contributed by atoms with Crippen molar-refractivity contribution in [2.75, 3.05) is 26.8 Å². The number of nitrogens with zero attached hydrogens (tertiary/aromatic N) is 2. The molecule has 1 saturated carbocycles. The number of benzene rings is 1. The van der Waals surface area contributed by atoms with Gasteiger partial charge in [0.1, 0.15) is 17.4 Å². The van der Waals surface area contributed by atoms with Gasteiger partial charge in [0, 0.05) is 42.2 Å². The van der Waals surface area contributed by atoms with Crippen molar-refractivity contribution in [1.82, 2.24) is 20.2 Å². The number of aliphatic hydroxyl groups excluding tert-OH is 2. The third-order valence-corrected chi connectivity index (χ3v) is 7.09. The van der Waals surface area contributed by atoms with Crippen LogP contribution in [-0.4, -0.2) is 82.0 Å². The van der Waals surface area contributed by atoms with Gasteiger partial charge in [-0.25, -0.2) is 4.39 Å². The number of ether oxygens (including phenoxy) is 2. The molecule has 0 spiro atoms. The van der Waals surface area contributed by atoms with Crippen LogP contribution in [0, 0.1) is 18.7 Å². The maximum atomic E-state index is 14.6. The number of H-pyrrole nitrogens is 1. The number of pyridine rings is 1. The Kier molecular flexibility index (Phi) is 6.97. The van der Waals surface area contributed by atoms with E-state index in [2.05, 4.69) is 15.3 Å². The predicted octanol–water partition coefficient (Wildman–Crippen LogP) is 2.16. The summed E-state index contributed by atoms with van der Waals surface area (Å²) < 4.78 is 25.8. The van der Waals surface area contributed by atoms with Gasteiger partial charge in [0.2, 0.25) is 0 Å². The smallest absolute Gasteiger partial charge is 0.255 e. The third-order valence-electron chi connectivity index (χ3n) is 7.09. The van der Waals surface area contributed by atoms with Crippen LogP contribution in [0.5, 0.6) is 11.5 Å². The van der Waals surface area contributed by atoms with Crippen LogP contribution in [0.3, 0.4) is 0 Å². The number of likely N-dealkylation sites (tertiary alicyclic amines) is 1. The van der Waals surface area contributed by atoms with Crippen LogP contribution in [0.2, 0.25) is 0 Å². The van der Waals surface area contributed by atoms with Gasteiger partial charge < -0.3 is 34.9 Å². The molecular weight excluding hydrogens is 495 g/mol. The molecule has 1 saturated heterocycles. The molecule has 1 aliphatic carbocycles. The van der Waals surface area contributed by atoms with Crippen molar-refractivity contribution in [2.24, 2.45) is 5.92 Å². The topological polar surface area (TPSA) is 137 Å². The number of β-amino-alcohol motifs (C(OH)–C–C–N with tert-alkyl or cyclic N) is 1. The molecule has 0 unspecified atom stereocenters. The van der Waals surface area contributed by atoms with E-state index < -0.39 is 35.9 Å². The highest BCUT2D eigenvalue weighted by molar-refractivity contribution is 6.10. The molecule has 1 aliphatic heterocycles. The average Bonchev–Trinajstić information content (AvgIpc) is 3.55.